The smallest absolute Gasteiger partial charge is 0.259 e. The van der Waals surface area contributed by atoms with Crippen LogP contribution in [0.5, 0.6) is 0 Å². The molecule has 0 bridgehead atoms. The van der Waals surface area contributed by atoms with Gasteiger partial charge in [-0.2, -0.15) is 0 Å². The van der Waals surface area contributed by atoms with Gasteiger partial charge >= 0.3 is 0 Å². The van der Waals surface area contributed by atoms with E-state index in [1.54, 1.807) is 13.0 Å². The molecule has 19 heavy (non-hydrogen) atoms. The van der Waals surface area contributed by atoms with E-state index in [1.165, 1.54) is 18.5 Å². The van der Waals surface area contributed by atoms with Crippen LogP contribution in [0.1, 0.15) is 16.1 Å². The Balaban J connectivity index is 2.28. The number of hydrogen-bond acceptors (Lipinski definition) is 5. The maximum Gasteiger partial charge on any atom is 0.259 e. The Kier molecular flexibility index (Phi) is 3.67. The number of nitrogens with zero attached hydrogens (tertiary/aromatic N) is 2. The van der Waals surface area contributed by atoms with Crippen molar-refractivity contribution in [1.29, 1.82) is 0 Å². The van der Waals surface area contributed by atoms with Crippen LogP contribution in [0.15, 0.2) is 30.7 Å². The van der Waals surface area contributed by atoms with Crippen molar-refractivity contribution >= 4 is 17.3 Å². The van der Waals surface area contributed by atoms with Gasteiger partial charge in [-0.3, -0.25) is 20.6 Å². The number of pyridine rings is 2. The van der Waals surface area contributed by atoms with Gasteiger partial charge in [0.2, 0.25) is 0 Å². The number of nitrogen functional groups attached to an aromatic ring is 1. The number of carbonyl (C=O) groups is 1. The van der Waals surface area contributed by atoms with Gasteiger partial charge in [-0.15, -0.1) is 0 Å². The summed E-state index contributed by atoms with van der Waals surface area (Å²) in [5.41, 5.74) is 3.81. The molecule has 4 N–H and O–H groups in total. The van der Waals surface area contributed by atoms with Gasteiger partial charge in [-0.05, 0) is 19.1 Å². The molecule has 1 amide bonds. The molecule has 0 atom stereocenters. The van der Waals surface area contributed by atoms with Crippen molar-refractivity contribution in [2.45, 2.75) is 6.92 Å². The quantitative estimate of drug-likeness (QED) is 0.574. The highest BCUT2D eigenvalue weighted by Crippen LogP contribution is 2.18. The van der Waals surface area contributed by atoms with Crippen molar-refractivity contribution < 1.29 is 9.18 Å². The summed E-state index contributed by atoms with van der Waals surface area (Å²) in [5, 5.41) is 2.43. The van der Waals surface area contributed by atoms with Gasteiger partial charge in [0.1, 0.15) is 0 Å². The molecule has 2 rings (SSSR count). The fraction of sp³-hybridized carbons (Fsp3) is 0.0833. The summed E-state index contributed by atoms with van der Waals surface area (Å²) in [6, 6.07) is 2.99. The molecule has 0 fully saturated rings. The third-order valence-corrected chi connectivity index (χ3v) is 2.46. The third-order valence-electron chi connectivity index (χ3n) is 2.46. The molecule has 0 spiro atoms. The molecule has 98 valence electrons. The van der Waals surface area contributed by atoms with E-state index in [9.17, 15) is 9.18 Å². The first kappa shape index (κ1) is 12.9. The van der Waals surface area contributed by atoms with Crippen molar-refractivity contribution in [3.8, 4) is 0 Å². The summed E-state index contributed by atoms with van der Waals surface area (Å²) in [5.74, 6) is 4.22. The summed E-state index contributed by atoms with van der Waals surface area (Å²) in [4.78, 5) is 19.6. The third kappa shape index (κ3) is 2.83. The van der Waals surface area contributed by atoms with Crippen molar-refractivity contribution in [3.05, 3.63) is 47.8 Å². The van der Waals surface area contributed by atoms with Crippen molar-refractivity contribution in [2.75, 3.05) is 10.7 Å². The number of aromatic nitrogens is 2. The molecule has 0 aliphatic rings. The van der Waals surface area contributed by atoms with Crippen LogP contribution >= 0.6 is 0 Å². The molecular formula is C12H12FN5O. The maximum absolute atomic E-state index is 13.4. The number of amides is 1. The molecule has 0 radical (unpaired) electrons. The van der Waals surface area contributed by atoms with Crippen LogP contribution in [-0.4, -0.2) is 15.9 Å². The Hall–Kier alpha value is -2.54. The van der Waals surface area contributed by atoms with Crippen LogP contribution in [0, 0.1) is 12.7 Å². The summed E-state index contributed by atoms with van der Waals surface area (Å²) < 4.78 is 13.4. The number of halogens is 1. The van der Waals surface area contributed by atoms with Crippen LogP contribution in [0.25, 0.3) is 0 Å². The second-order valence-corrected chi connectivity index (χ2v) is 3.83. The van der Waals surface area contributed by atoms with Gasteiger partial charge in [0.25, 0.3) is 5.91 Å². The van der Waals surface area contributed by atoms with E-state index >= 15 is 0 Å². The summed E-state index contributed by atoms with van der Waals surface area (Å²) in [6.45, 7) is 1.77. The SMILES string of the molecule is Cc1cc(NN)c(C(=O)Nc2ccncc2F)cn1. The predicted molar refractivity (Wildman–Crippen MR) is 68.9 cm³/mol. The topological polar surface area (TPSA) is 92.9 Å². The zero-order chi connectivity index (χ0) is 13.8. The lowest BCUT2D eigenvalue weighted by molar-refractivity contribution is 0.102. The molecule has 7 heteroatoms. The molecule has 0 aromatic carbocycles. The molecule has 2 aromatic heterocycles. The van der Waals surface area contributed by atoms with Gasteiger partial charge in [-0.1, -0.05) is 0 Å². The Morgan fingerprint density at radius 3 is 2.84 bits per heavy atom. The molecule has 2 heterocycles. The number of anilines is 2. The lowest BCUT2D eigenvalue weighted by Crippen LogP contribution is -2.18. The first-order chi connectivity index (χ1) is 9.11. The highest BCUT2D eigenvalue weighted by atomic mass is 19.1. The fourth-order valence-corrected chi connectivity index (χ4v) is 1.53. The Morgan fingerprint density at radius 1 is 1.37 bits per heavy atom. The molecule has 0 saturated carbocycles. The number of rotatable bonds is 3. The van der Waals surface area contributed by atoms with E-state index in [-0.39, 0.29) is 11.3 Å². The first-order valence-electron chi connectivity index (χ1n) is 5.46. The van der Waals surface area contributed by atoms with E-state index < -0.39 is 11.7 Å². The largest absolute Gasteiger partial charge is 0.323 e. The lowest BCUT2D eigenvalue weighted by atomic mass is 10.2. The maximum atomic E-state index is 13.4. The molecule has 2 aromatic rings. The van der Waals surface area contributed by atoms with Crippen LogP contribution in [0.4, 0.5) is 15.8 Å². The van der Waals surface area contributed by atoms with E-state index in [0.29, 0.717) is 11.4 Å². The zero-order valence-electron chi connectivity index (χ0n) is 10.1. The standard InChI is InChI=1S/C12H12FN5O/c1-7-4-11(18-14)8(5-16-7)12(19)17-10-2-3-15-6-9(10)13/h2-6H,14H2,1H3,(H,16,18)(H,15,17,19). The predicted octanol–water partition coefficient (Wildman–Crippen LogP) is 1.46. The highest BCUT2D eigenvalue weighted by Gasteiger charge is 2.13. The van der Waals surface area contributed by atoms with Gasteiger partial charge < -0.3 is 10.7 Å². The van der Waals surface area contributed by atoms with Crippen molar-refractivity contribution in [3.63, 3.8) is 0 Å². The second kappa shape index (κ2) is 5.40. The molecule has 6 nitrogen and oxygen atoms in total. The van der Waals surface area contributed by atoms with Gasteiger partial charge in [-0.25, -0.2) is 4.39 Å². The molecular weight excluding hydrogens is 249 g/mol. The van der Waals surface area contributed by atoms with Crippen molar-refractivity contribution in [1.82, 2.24) is 9.97 Å². The minimum atomic E-state index is -0.613. The fourth-order valence-electron chi connectivity index (χ4n) is 1.53. The van der Waals surface area contributed by atoms with E-state index in [1.807, 2.05) is 0 Å². The number of carbonyl (C=O) groups excluding carboxylic acids is 1. The first-order valence-corrected chi connectivity index (χ1v) is 5.46. The minimum absolute atomic E-state index is 0.0450. The van der Waals surface area contributed by atoms with Crippen LogP contribution in [-0.2, 0) is 0 Å². The molecule has 0 aliphatic heterocycles. The minimum Gasteiger partial charge on any atom is -0.323 e. The molecule has 0 saturated heterocycles. The summed E-state index contributed by atoms with van der Waals surface area (Å²) in [7, 11) is 0. The monoisotopic (exact) mass is 261 g/mol. The lowest BCUT2D eigenvalue weighted by Gasteiger charge is -2.10. The van der Waals surface area contributed by atoms with E-state index in [2.05, 4.69) is 20.7 Å². The Bertz CT molecular complexity index is 617. The van der Waals surface area contributed by atoms with Crippen LogP contribution in [0.2, 0.25) is 0 Å². The van der Waals surface area contributed by atoms with Crippen LogP contribution in [0.3, 0.4) is 0 Å². The van der Waals surface area contributed by atoms with Crippen molar-refractivity contribution in [2.24, 2.45) is 5.84 Å². The Morgan fingerprint density at radius 2 is 2.16 bits per heavy atom. The Labute approximate surface area is 108 Å². The number of aryl methyl sites for hydroxylation is 1. The van der Waals surface area contributed by atoms with Gasteiger partial charge in [0.15, 0.2) is 5.82 Å². The van der Waals surface area contributed by atoms with Crippen LogP contribution < -0.4 is 16.6 Å². The average Bonchev–Trinajstić information content (AvgIpc) is 2.41. The van der Waals surface area contributed by atoms with E-state index in [0.717, 1.165) is 6.20 Å². The average molecular weight is 261 g/mol. The van der Waals surface area contributed by atoms with Gasteiger partial charge in [0, 0.05) is 18.1 Å². The summed E-state index contributed by atoms with van der Waals surface area (Å²) >= 11 is 0. The number of nitrogens with one attached hydrogen (secondary N) is 2. The highest BCUT2D eigenvalue weighted by molar-refractivity contribution is 6.07. The zero-order valence-corrected chi connectivity index (χ0v) is 10.1. The normalized spacial score (nSPS) is 10.1. The number of hydrazine groups is 1. The number of nitrogens with two attached hydrogens (primary N) is 1. The summed E-state index contributed by atoms with van der Waals surface area (Å²) in [6.07, 6.45) is 3.78. The number of hydrogen-bond donors (Lipinski definition) is 3. The second-order valence-electron chi connectivity index (χ2n) is 3.83. The molecule has 0 unspecified atom stereocenters. The van der Waals surface area contributed by atoms with Gasteiger partial charge in [0.05, 0.1) is 23.1 Å². The molecule has 0 aliphatic carbocycles. The van der Waals surface area contributed by atoms with E-state index in [4.69, 9.17) is 5.84 Å².